The summed E-state index contributed by atoms with van der Waals surface area (Å²) in [5.41, 5.74) is 0. The lowest BCUT2D eigenvalue weighted by Crippen LogP contribution is -2.52. The molecule has 0 aliphatic carbocycles. The number of ether oxygens (including phenoxy) is 2. The third-order valence-corrected chi connectivity index (χ3v) is 1.87. The third kappa shape index (κ3) is 7.63. The fourth-order valence-corrected chi connectivity index (χ4v) is 1.02. The van der Waals surface area contributed by atoms with Gasteiger partial charge >= 0.3 is 12.2 Å². The molecule has 1 atom stereocenters. The molecule has 0 rings (SSSR count). The Bertz CT molecular complexity index is 372. The lowest BCUT2D eigenvalue weighted by molar-refractivity contribution is -0.122. The largest absolute Gasteiger partial charge is 0.442 e. The van der Waals surface area contributed by atoms with Crippen LogP contribution in [0.15, 0.2) is 0 Å². The zero-order valence-electron chi connectivity index (χ0n) is 10.7. The van der Waals surface area contributed by atoms with Crippen molar-refractivity contribution in [1.82, 2.24) is 16.0 Å². The van der Waals surface area contributed by atoms with E-state index < -0.39 is 37.3 Å². The van der Waals surface area contributed by atoms with Crippen LogP contribution in [0, 0.1) is 0 Å². The number of nitrogens with one attached hydrogen (secondary N) is 3. The molecule has 0 saturated carbocycles. The first-order valence-electron chi connectivity index (χ1n) is 5.48. The first-order chi connectivity index (χ1) is 9.54. The van der Waals surface area contributed by atoms with Crippen LogP contribution in [-0.4, -0.2) is 63.5 Å². The highest BCUT2D eigenvalue weighted by Gasteiger charge is 2.21. The van der Waals surface area contributed by atoms with Crippen molar-refractivity contribution in [3.63, 3.8) is 0 Å². The van der Waals surface area contributed by atoms with Crippen LogP contribution in [0.25, 0.3) is 0 Å². The number of hydrogen-bond donors (Lipinski definition) is 3. The highest BCUT2D eigenvalue weighted by molar-refractivity contribution is 5.86. The van der Waals surface area contributed by atoms with Crippen molar-refractivity contribution in [2.24, 2.45) is 0 Å². The minimum absolute atomic E-state index is 0.284. The smallest absolute Gasteiger partial charge is 0.408 e. The van der Waals surface area contributed by atoms with Gasteiger partial charge in [0.1, 0.15) is 19.3 Å². The summed E-state index contributed by atoms with van der Waals surface area (Å²) < 4.78 is 8.78. The number of alkyl carbamates (subject to hydrolysis) is 2. The van der Waals surface area contributed by atoms with Gasteiger partial charge in [0.25, 0.3) is 0 Å². The van der Waals surface area contributed by atoms with Gasteiger partial charge < -0.3 is 25.4 Å². The Kier molecular flexibility index (Phi) is 8.93. The second-order valence-electron chi connectivity index (χ2n) is 3.22. The first kappa shape index (κ1) is 17.4. The molecule has 3 amide bonds. The fraction of sp³-hybridized carbons (Fsp3) is 0.500. The quantitative estimate of drug-likeness (QED) is 0.437. The Morgan fingerprint density at radius 2 is 1.60 bits per heavy atom. The van der Waals surface area contributed by atoms with E-state index in [0.717, 1.165) is 0 Å². The van der Waals surface area contributed by atoms with Crippen LogP contribution in [0.4, 0.5) is 9.59 Å². The van der Waals surface area contributed by atoms with E-state index in [1.54, 1.807) is 0 Å². The van der Waals surface area contributed by atoms with E-state index in [1.807, 2.05) is 0 Å². The van der Waals surface area contributed by atoms with Gasteiger partial charge in [-0.1, -0.05) is 0 Å². The normalized spacial score (nSPS) is 10.7. The minimum Gasteiger partial charge on any atom is -0.442 e. The van der Waals surface area contributed by atoms with Gasteiger partial charge in [-0.05, 0) is 0 Å². The molecule has 0 aromatic carbocycles. The number of carbonyl (C=O) groups is 5. The molecule has 0 aromatic heterocycles. The average Bonchev–Trinajstić information content (AvgIpc) is 2.46. The molecule has 20 heavy (non-hydrogen) atoms. The highest BCUT2D eigenvalue weighted by Crippen LogP contribution is 1.87. The molecule has 0 aliphatic heterocycles. The fourth-order valence-electron chi connectivity index (χ4n) is 1.02. The number of amides is 3. The number of likely N-dealkylation sites (N-methyl/N-ethyl adjacent to an activating group) is 1. The number of aldehydes is 2. The summed E-state index contributed by atoms with van der Waals surface area (Å²) in [6, 6.07) is -1.12. The number of rotatable bonds is 8. The molecule has 0 radical (unpaired) electrons. The van der Waals surface area contributed by atoms with Crippen molar-refractivity contribution in [1.29, 1.82) is 0 Å². The molecule has 3 N–H and O–H groups in total. The molecule has 0 saturated heterocycles. The summed E-state index contributed by atoms with van der Waals surface area (Å²) in [6.07, 6.45) is -1.17. The van der Waals surface area contributed by atoms with Crippen LogP contribution in [0.2, 0.25) is 0 Å². The Morgan fingerprint density at radius 1 is 1.05 bits per heavy atom. The van der Waals surface area contributed by atoms with Gasteiger partial charge in [0.05, 0.1) is 6.54 Å². The lowest BCUT2D eigenvalue weighted by atomic mass is 10.3. The van der Waals surface area contributed by atoms with Crippen LogP contribution in [0.3, 0.4) is 0 Å². The molecule has 0 fully saturated rings. The molecular weight excluding hydrogens is 274 g/mol. The van der Waals surface area contributed by atoms with Gasteiger partial charge in [-0.25, -0.2) is 9.59 Å². The Morgan fingerprint density at radius 3 is 2.10 bits per heavy atom. The lowest BCUT2D eigenvalue weighted by Gasteiger charge is -2.17. The van der Waals surface area contributed by atoms with Gasteiger partial charge in [-0.15, -0.1) is 0 Å². The average molecular weight is 289 g/mol. The van der Waals surface area contributed by atoms with Crippen molar-refractivity contribution in [3.05, 3.63) is 0 Å². The van der Waals surface area contributed by atoms with Crippen molar-refractivity contribution in [3.8, 4) is 0 Å². The van der Waals surface area contributed by atoms with Gasteiger partial charge in [-0.2, -0.15) is 0 Å². The van der Waals surface area contributed by atoms with E-state index in [0.29, 0.717) is 12.6 Å². The SMILES string of the molecule is CNC(=O)C(CNC(=O)OCC=O)NC(=O)OCC=O. The van der Waals surface area contributed by atoms with Gasteiger partial charge in [-0.3, -0.25) is 14.4 Å². The van der Waals surface area contributed by atoms with Crippen molar-refractivity contribution >= 4 is 30.7 Å². The molecule has 0 heterocycles. The monoisotopic (exact) mass is 289 g/mol. The zero-order chi connectivity index (χ0) is 15.4. The summed E-state index contributed by atoms with van der Waals surface area (Å²) in [4.78, 5) is 53.7. The van der Waals surface area contributed by atoms with E-state index in [9.17, 15) is 24.0 Å². The first-order valence-corrected chi connectivity index (χ1v) is 5.48. The summed E-state index contributed by atoms with van der Waals surface area (Å²) in [5.74, 6) is -0.594. The van der Waals surface area contributed by atoms with E-state index in [-0.39, 0.29) is 6.54 Å². The maximum absolute atomic E-state index is 11.4. The van der Waals surface area contributed by atoms with E-state index in [1.165, 1.54) is 7.05 Å². The molecule has 0 aliphatic rings. The highest BCUT2D eigenvalue weighted by atomic mass is 16.6. The van der Waals surface area contributed by atoms with E-state index in [2.05, 4.69) is 25.4 Å². The van der Waals surface area contributed by atoms with E-state index in [4.69, 9.17) is 0 Å². The molecule has 10 heteroatoms. The topological polar surface area (TPSA) is 140 Å². The molecule has 112 valence electrons. The van der Waals surface area contributed by atoms with Crippen LogP contribution < -0.4 is 16.0 Å². The Labute approximate surface area is 114 Å². The molecule has 1 unspecified atom stereocenters. The van der Waals surface area contributed by atoms with Crippen molar-refractivity contribution in [2.45, 2.75) is 6.04 Å². The van der Waals surface area contributed by atoms with Crippen LogP contribution >= 0.6 is 0 Å². The molecular formula is C10H15N3O7. The van der Waals surface area contributed by atoms with Crippen LogP contribution in [-0.2, 0) is 23.9 Å². The minimum atomic E-state index is -1.12. The third-order valence-electron chi connectivity index (χ3n) is 1.87. The van der Waals surface area contributed by atoms with Crippen LogP contribution in [0.5, 0.6) is 0 Å². The summed E-state index contributed by atoms with van der Waals surface area (Å²) >= 11 is 0. The maximum Gasteiger partial charge on any atom is 0.408 e. The molecule has 0 spiro atoms. The van der Waals surface area contributed by atoms with Gasteiger partial charge in [0, 0.05) is 7.05 Å². The Balaban J connectivity index is 4.31. The summed E-state index contributed by atoms with van der Waals surface area (Å²) in [5, 5.41) is 6.58. The van der Waals surface area contributed by atoms with Crippen molar-refractivity contribution < 1.29 is 33.4 Å². The number of carbonyl (C=O) groups excluding carboxylic acids is 5. The predicted octanol–water partition coefficient (Wildman–Crippen LogP) is -2.05. The maximum atomic E-state index is 11.4. The predicted molar refractivity (Wildman–Crippen MR) is 63.8 cm³/mol. The van der Waals surface area contributed by atoms with Gasteiger partial charge in [0.15, 0.2) is 12.6 Å². The standard InChI is InChI=1S/C10H15N3O7/c1-11-8(16)7(13-10(18)20-5-3-15)6-12-9(17)19-4-2-14/h2-3,7H,4-6H2,1H3,(H,11,16)(H,12,17)(H,13,18). The van der Waals surface area contributed by atoms with Gasteiger partial charge in [0.2, 0.25) is 5.91 Å². The second kappa shape index (κ2) is 10.3. The van der Waals surface area contributed by atoms with E-state index >= 15 is 0 Å². The zero-order valence-corrected chi connectivity index (χ0v) is 10.7. The van der Waals surface area contributed by atoms with Crippen molar-refractivity contribution in [2.75, 3.05) is 26.8 Å². The second-order valence-corrected chi connectivity index (χ2v) is 3.22. The molecule has 0 aromatic rings. The van der Waals surface area contributed by atoms with Crippen LogP contribution in [0.1, 0.15) is 0 Å². The molecule has 10 nitrogen and oxygen atoms in total. The Hall–Kier alpha value is -2.65. The molecule has 0 bridgehead atoms. The number of hydrogen-bond acceptors (Lipinski definition) is 7. The summed E-state index contributed by atoms with van der Waals surface area (Å²) in [6.45, 7) is -1.17. The summed E-state index contributed by atoms with van der Waals surface area (Å²) in [7, 11) is 1.33.